The van der Waals surface area contributed by atoms with Gasteiger partial charge in [-0.2, -0.15) is 0 Å². The number of hydrogen-bond acceptors (Lipinski definition) is 8. The second-order valence-electron chi connectivity index (χ2n) is 10.7. The number of hydrogen-bond donors (Lipinski definition) is 3. The summed E-state index contributed by atoms with van der Waals surface area (Å²) in [6.07, 6.45) is 13.0. The largest absolute Gasteiger partial charge is 0.370 e. The minimum Gasteiger partial charge on any atom is -0.370 e. The Morgan fingerprint density at radius 1 is 1.03 bits per heavy atom. The van der Waals surface area contributed by atoms with Crippen LogP contribution in [0.5, 0.6) is 0 Å². The van der Waals surface area contributed by atoms with Crippen LogP contribution in [-0.2, 0) is 4.74 Å². The molecule has 3 fully saturated rings. The lowest BCUT2D eigenvalue weighted by Gasteiger charge is -2.29. The molecule has 8 nitrogen and oxygen atoms in total. The van der Waals surface area contributed by atoms with E-state index in [2.05, 4.69) is 51.3 Å². The van der Waals surface area contributed by atoms with Crippen LogP contribution in [0.2, 0.25) is 0 Å². The van der Waals surface area contributed by atoms with E-state index in [1.54, 1.807) is 0 Å². The molecule has 2 saturated heterocycles. The van der Waals surface area contributed by atoms with Crippen LogP contribution in [0.1, 0.15) is 54.5 Å². The van der Waals surface area contributed by atoms with Crippen molar-refractivity contribution in [3.05, 3.63) is 59.7 Å². The van der Waals surface area contributed by atoms with Crippen molar-refractivity contribution in [2.24, 2.45) is 4.99 Å². The summed E-state index contributed by atoms with van der Waals surface area (Å²) in [6.45, 7) is 1.79. The average Bonchev–Trinajstić information content (AvgIpc) is 3.38. The number of aromatic nitrogens is 3. The number of nitrogens with one attached hydrogen (secondary N) is 3. The SMILES string of the molecule is C1=NC2Nc3ccccc3C2C(c2nc(NC3CC4CNCC3O4)c3c(C4CCC4)cncc3n2)=C1. The molecule has 3 aromatic rings. The first-order chi connectivity index (χ1) is 17.8. The fourth-order valence-corrected chi connectivity index (χ4v) is 6.55. The number of benzene rings is 1. The highest BCUT2D eigenvalue weighted by Crippen LogP contribution is 2.46. The molecule has 8 heteroatoms. The number of anilines is 2. The van der Waals surface area contributed by atoms with E-state index in [4.69, 9.17) is 19.7 Å². The van der Waals surface area contributed by atoms with Gasteiger partial charge in [-0.1, -0.05) is 24.6 Å². The molecule has 8 rings (SSSR count). The molecular weight excluding hydrogens is 450 g/mol. The van der Waals surface area contributed by atoms with Crippen molar-refractivity contribution in [2.75, 3.05) is 23.7 Å². The van der Waals surface area contributed by atoms with Crippen molar-refractivity contribution >= 4 is 34.2 Å². The van der Waals surface area contributed by atoms with Gasteiger partial charge in [-0.3, -0.25) is 9.98 Å². The fraction of sp³-hybridized carbons (Fsp3) is 0.429. The highest BCUT2D eigenvalue weighted by molar-refractivity contribution is 5.96. The number of para-hydroxylation sites is 1. The molecule has 5 atom stereocenters. The van der Waals surface area contributed by atoms with Gasteiger partial charge < -0.3 is 20.7 Å². The third-order valence-corrected chi connectivity index (χ3v) is 8.56. The van der Waals surface area contributed by atoms with Gasteiger partial charge in [-0.15, -0.1) is 0 Å². The molecule has 2 bridgehead atoms. The normalized spacial score (nSPS) is 30.3. The second kappa shape index (κ2) is 8.08. The summed E-state index contributed by atoms with van der Waals surface area (Å²) in [5.41, 5.74) is 5.65. The van der Waals surface area contributed by atoms with Gasteiger partial charge in [0.25, 0.3) is 0 Å². The van der Waals surface area contributed by atoms with Crippen molar-refractivity contribution in [2.45, 2.75) is 61.9 Å². The van der Waals surface area contributed by atoms with Gasteiger partial charge in [-0.05, 0) is 48.4 Å². The molecule has 0 amide bonds. The zero-order valence-electron chi connectivity index (χ0n) is 20.0. The molecule has 2 aromatic heterocycles. The van der Waals surface area contributed by atoms with Crippen LogP contribution < -0.4 is 16.0 Å². The zero-order chi connectivity index (χ0) is 23.6. The predicted molar refractivity (Wildman–Crippen MR) is 141 cm³/mol. The summed E-state index contributed by atoms with van der Waals surface area (Å²) in [4.78, 5) is 19.7. The maximum atomic E-state index is 6.23. The van der Waals surface area contributed by atoms with Gasteiger partial charge in [-0.25, -0.2) is 9.97 Å². The van der Waals surface area contributed by atoms with E-state index >= 15 is 0 Å². The number of fused-ring (bicyclic) bond motifs is 6. The second-order valence-corrected chi connectivity index (χ2v) is 10.7. The lowest BCUT2D eigenvalue weighted by Crippen LogP contribution is -2.42. The van der Waals surface area contributed by atoms with E-state index in [1.165, 1.54) is 30.4 Å². The van der Waals surface area contributed by atoms with Crippen LogP contribution in [0.4, 0.5) is 11.5 Å². The molecular formula is C28H29N7O. The van der Waals surface area contributed by atoms with Crippen molar-refractivity contribution in [1.29, 1.82) is 0 Å². The number of morpholine rings is 1. The molecule has 3 N–H and O–H groups in total. The lowest BCUT2D eigenvalue weighted by molar-refractivity contribution is 0.0164. The molecule has 5 aliphatic rings. The van der Waals surface area contributed by atoms with E-state index in [0.717, 1.165) is 53.3 Å². The number of ether oxygens (including phenoxy) is 1. The summed E-state index contributed by atoms with van der Waals surface area (Å²) < 4.78 is 6.23. The minimum atomic E-state index is -0.0360. The summed E-state index contributed by atoms with van der Waals surface area (Å²) in [5.74, 6) is 2.28. The molecule has 36 heavy (non-hydrogen) atoms. The van der Waals surface area contributed by atoms with E-state index in [9.17, 15) is 0 Å². The summed E-state index contributed by atoms with van der Waals surface area (Å²) in [6, 6.07) is 8.68. The Hall–Kier alpha value is -3.36. The van der Waals surface area contributed by atoms with Gasteiger partial charge in [0.1, 0.15) is 12.0 Å². The standard InChI is InChI=1S/C28H29N7O/c1-2-7-20-17(6-1)24-18(8-9-31-27(24)32-20)26-34-22-13-30-12-19(15-4-3-5-15)25(22)28(35-26)33-21-10-16-11-29-14-23(21)36-16/h1-2,6-9,12-13,15-16,21,23-24,27,29,32H,3-5,10-11,14H2,(H,33,34,35). The van der Waals surface area contributed by atoms with Gasteiger partial charge in [0.15, 0.2) is 5.82 Å². The van der Waals surface area contributed by atoms with Gasteiger partial charge in [0.05, 0.1) is 35.9 Å². The van der Waals surface area contributed by atoms with Crippen molar-refractivity contribution in [3.63, 3.8) is 0 Å². The van der Waals surface area contributed by atoms with Gasteiger partial charge in [0, 0.05) is 42.1 Å². The Labute approximate surface area is 209 Å². The van der Waals surface area contributed by atoms with E-state index in [-0.39, 0.29) is 30.3 Å². The van der Waals surface area contributed by atoms with Crippen LogP contribution in [-0.4, -0.2) is 58.7 Å². The zero-order valence-corrected chi connectivity index (χ0v) is 20.0. The Bertz CT molecular complexity index is 1410. The molecule has 0 spiro atoms. The Morgan fingerprint density at radius 2 is 1.97 bits per heavy atom. The molecule has 6 heterocycles. The summed E-state index contributed by atoms with van der Waals surface area (Å²) >= 11 is 0. The van der Waals surface area contributed by atoms with E-state index < -0.39 is 0 Å². The Balaban J connectivity index is 1.26. The molecule has 1 aromatic carbocycles. The molecule has 182 valence electrons. The smallest absolute Gasteiger partial charge is 0.159 e. The monoisotopic (exact) mass is 479 g/mol. The molecule has 4 aliphatic heterocycles. The van der Waals surface area contributed by atoms with Crippen molar-refractivity contribution in [1.82, 2.24) is 20.3 Å². The molecule has 1 saturated carbocycles. The van der Waals surface area contributed by atoms with Crippen LogP contribution in [0.3, 0.4) is 0 Å². The van der Waals surface area contributed by atoms with E-state index in [1.807, 2.05) is 18.6 Å². The Morgan fingerprint density at radius 3 is 2.86 bits per heavy atom. The number of allylic oxidation sites excluding steroid dienone is 1. The van der Waals surface area contributed by atoms with Crippen molar-refractivity contribution in [3.8, 4) is 0 Å². The van der Waals surface area contributed by atoms with Crippen LogP contribution in [0.25, 0.3) is 16.5 Å². The van der Waals surface area contributed by atoms with E-state index in [0.29, 0.717) is 5.92 Å². The van der Waals surface area contributed by atoms with Crippen molar-refractivity contribution < 1.29 is 4.74 Å². The third-order valence-electron chi connectivity index (χ3n) is 8.56. The fourth-order valence-electron chi connectivity index (χ4n) is 6.55. The molecule has 1 aliphatic carbocycles. The first-order valence-corrected chi connectivity index (χ1v) is 13.2. The maximum absolute atomic E-state index is 6.23. The van der Waals surface area contributed by atoms with Crippen LogP contribution in [0.15, 0.2) is 47.7 Å². The quantitative estimate of drug-likeness (QED) is 0.523. The summed E-state index contributed by atoms with van der Waals surface area (Å²) in [7, 11) is 0. The van der Waals surface area contributed by atoms with Crippen LogP contribution >= 0.6 is 0 Å². The highest BCUT2D eigenvalue weighted by atomic mass is 16.5. The minimum absolute atomic E-state index is 0.0360. The van der Waals surface area contributed by atoms with Gasteiger partial charge >= 0.3 is 0 Å². The summed E-state index contributed by atoms with van der Waals surface area (Å²) in [5, 5.41) is 12.0. The predicted octanol–water partition coefficient (Wildman–Crippen LogP) is 3.84. The van der Waals surface area contributed by atoms with Crippen LogP contribution in [0, 0.1) is 0 Å². The topological polar surface area (TPSA) is 96.4 Å². The number of pyridine rings is 1. The number of rotatable bonds is 4. The number of aliphatic imine (C=N–C) groups is 1. The molecule has 5 unspecified atom stereocenters. The third kappa shape index (κ3) is 3.21. The highest BCUT2D eigenvalue weighted by Gasteiger charge is 2.40. The first kappa shape index (κ1) is 20.8. The number of nitrogens with zero attached hydrogens (tertiary/aromatic N) is 4. The maximum Gasteiger partial charge on any atom is 0.159 e. The number of dihydropyridines is 1. The lowest BCUT2D eigenvalue weighted by atomic mass is 9.79. The van der Waals surface area contributed by atoms with Gasteiger partial charge in [0.2, 0.25) is 0 Å². The average molecular weight is 480 g/mol. The first-order valence-electron chi connectivity index (χ1n) is 13.2. The molecule has 0 radical (unpaired) electrons. The Kier molecular flexibility index (Phi) is 4.67.